The molecule has 6 heterocycles. The molecule has 48 heavy (non-hydrogen) atoms. The molecule has 2 N–H and O–H groups in total. The van der Waals surface area contributed by atoms with Crippen LogP contribution in [0.25, 0.3) is 21.8 Å². The minimum atomic E-state index is -4.84. The molecule has 1 aliphatic carbocycles. The van der Waals surface area contributed by atoms with Crippen LogP contribution in [-0.4, -0.2) is 86.5 Å². The lowest BCUT2D eigenvalue weighted by atomic mass is 9.67. The highest BCUT2D eigenvalue weighted by Gasteiger charge is 2.56. The minimum absolute atomic E-state index is 0.0196. The molecule has 5 fully saturated rings. The van der Waals surface area contributed by atoms with Crippen molar-refractivity contribution in [2.24, 2.45) is 5.41 Å². The summed E-state index contributed by atoms with van der Waals surface area (Å²) in [6, 6.07) is 8.90. The van der Waals surface area contributed by atoms with Gasteiger partial charge < -0.3 is 15.1 Å². The second kappa shape index (κ2) is 11.1. The van der Waals surface area contributed by atoms with Gasteiger partial charge in [0.05, 0.1) is 33.5 Å². The Kier molecular flexibility index (Phi) is 7.29. The van der Waals surface area contributed by atoms with Crippen LogP contribution in [-0.2, 0) is 19.9 Å². The fraction of sp³-hybridized carbons (Fsp3) is 0.387. The van der Waals surface area contributed by atoms with Crippen molar-refractivity contribution >= 4 is 48.0 Å². The van der Waals surface area contributed by atoms with E-state index in [1.54, 1.807) is 12.3 Å². The Labute approximate surface area is 279 Å². The van der Waals surface area contributed by atoms with Crippen LogP contribution in [0.2, 0.25) is 0 Å². The number of benzene rings is 2. The number of hydrogen-bond donors (Lipinski definition) is 2. The largest absolute Gasteiger partial charge is 0.351 e. The Morgan fingerprint density at radius 1 is 0.979 bits per heavy atom. The van der Waals surface area contributed by atoms with Crippen molar-refractivity contribution in [2.75, 3.05) is 46.6 Å². The van der Waals surface area contributed by atoms with E-state index in [-0.39, 0.29) is 46.3 Å². The normalized spacial score (nSPS) is 22.9. The quantitative estimate of drug-likeness (QED) is 0.271. The second-order valence-corrected chi connectivity index (χ2v) is 17.9. The van der Waals surface area contributed by atoms with Crippen LogP contribution >= 0.6 is 11.3 Å². The molecule has 2 atom stereocenters. The first kappa shape index (κ1) is 31.5. The van der Waals surface area contributed by atoms with Crippen LogP contribution in [0.15, 0.2) is 53.6 Å². The highest BCUT2D eigenvalue weighted by Crippen LogP contribution is 2.51. The summed E-state index contributed by atoms with van der Waals surface area (Å²) in [5.74, 6) is -2.83. The number of anilines is 3. The number of sulfonamides is 1. The first-order valence-electron chi connectivity index (χ1n) is 15.3. The lowest BCUT2D eigenvalue weighted by molar-refractivity contribution is 0.140. The number of sulfone groups is 1. The molecule has 11 nitrogen and oxygen atoms in total. The Bertz CT molecular complexity index is 2130. The van der Waals surface area contributed by atoms with Crippen molar-refractivity contribution in [1.29, 1.82) is 0 Å². The third-order valence-electron chi connectivity index (χ3n) is 9.53. The average Bonchev–Trinajstić information content (AvgIpc) is 3.40. The molecule has 4 aliphatic heterocycles. The van der Waals surface area contributed by atoms with Crippen LogP contribution in [0.3, 0.4) is 0 Å². The molecule has 4 aromatic rings. The summed E-state index contributed by atoms with van der Waals surface area (Å²) in [7, 11) is -5.71. The van der Waals surface area contributed by atoms with Crippen molar-refractivity contribution in [3.8, 4) is 21.8 Å². The Morgan fingerprint density at radius 3 is 2.35 bits per heavy atom. The van der Waals surface area contributed by atoms with Gasteiger partial charge >= 0.3 is 0 Å². The SMILES string of the molecule is CN1CC2CC(C1)N2c1nc(-c2cccc(NS(=O)(=O)c3c(F)cccc3F)c2F)c(-c2ccnc(NC3CC4(C3)CS(=O)(=O)C4)n2)s1. The number of aromatic nitrogens is 3. The van der Waals surface area contributed by atoms with E-state index in [0.29, 0.717) is 34.5 Å². The van der Waals surface area contributed by atoms with E-state index in [4.69, 9.17) is 9.97 Å². The summed E-state index contributed by atoms with van der Waals surface area (Å²) >= 11 is 1.34. The molecular formula is C31H30F3N7O4S3. The van der Waals surface area contributed by atoms with Gasteiger partial charge in [-0.05, 0) is 56.6 Å². The summed E-state index contributed by atoms with van der Waals surface area (Å²) in [5, 5.41) is 3.97. The van der Waals surface area contributed by atoms with Crippen molar-refractivity contribution in [2.45, 2.75) is 42.3 Å². The van der Waals surface area contributed by atoms with Gasteiger partial charge in [0.25, 0.3) is 10.0 Å². The standard InChI is InChI=1S/C31H30F3N7O4S3/c1-40-13-18-10-19(14-40)41(18)30-38-26(20-4-2-7-23(25(20)34)39-48(44,45)28-21(32)5-3-6-22(28)33)27(46-30)24-8-9-35-29(37-24)36-17-11-31(12-17)15-47(42,43)16-31/h2-9,17-19,39H,10-16H2,1H3,(H,35,36,37). The van der Waals surface area contributed by atoms with Gasteiger partial charge in [0.15, 0.2) is 25.7 Å². The zero-order valence-corrected chi connectivity index (χ0v) is 28.0. The fourth-order valence-corrected chi connectivity index (χ4v) is 12.2. The average molecular weight is 718 g/mol. The molecule has 17 heteroatoms. The number of halogens is 3. The highest BCUT2D eigenvalue weighted by molar-refractivity contribution is 7.93. The molecule has 0 amide bonds. The number of nitrogens with one attached hydrogen (secondary N) is 2. The number of fused-ring (bicyclic) bond motifs is 2. The molecule has 2 bridgehead atoms. The molecule has 9 rings (SSSR count). The van der Waals surface area contributed by atoms with Crippen molar-refractivity contribution in [1.82, 2.24) is 19.9 Å². The Balaban J connectivity index is 1.14. The van der Waals surface area contributed by atoms with Crippen LogP contribution in [0, 0.1) is 22.9 Å². The molecule has 1 spiro atoms. The molecule has 0 radical (unpaired) electrons. The van der Waals surface area contributed by atoms with Crippen LogP contribution < -0.4 is 14.9 Å². The van der Waals surface area contributed by atoms with E-state index >= 15 is 4.39 Å². The van der Waals surface area contributed by atoms with Crippen molar-refractivity contribution < 1.29 is 30.0 Å². The van der Waals surface area contributed by atoms with Gasteiger partial charge in [0, 0.05) is 48.4 Å². The fourth-order valence-electron chi connectivity index (χ4n) is 7.59. The summed E-state index contributed by atoms with van der Waals surface area (Å²) in [6.07, 6.45) is 3.99. The molecular weight excluding hydrogens is 688 g/mol. The lowest BCUT2D eigenvalue weighted by Gasteiger charge is -2.55. The number of piperazine rings is 1. The van der Waals surface area contributed by atoms with Gasteiger partial charge in [-0.2, -0.15) is 0 Å². The maximum atomic E-state index is 16.3. The van der Waals surface area contributed by atoms with Gasteiger partial charge in [-0.25, -0.2) is 45.0 Å². The topological polar surface area (TPSA) is 137 Å². The van der Waals surface area contributed by atoms with E-state index < -0.39 is 47.9 Å². The number of piperidine rings is 1. The summed E-state index contributed by atoms with van der Waals surface area (Å²) in [4.78, 5) is 17.8. The summed E-state index contributed by atoms with van der Waals surface area (Å²) in [5.41, 5.74) is 0.00748. The summed E-state index contributed by atoms with van der Waals surface area (Å²) < 4.78 is 96.6. The van der Waals surface area contributed by atoms with Gasteiger partial charge in [0.1, 0.15) is 11.6 Å². The van der Waals surface area contributed by atoms with Gasteiger partial charge in [-0.1, -0.05) is 23.5 Å². The molecule has 2 unspecified atom stereocenters. The van der Waals surface area contributed by atoms with Crippen molar-refractivity contribution in [3.05, 3.63) is 66.1 Å². The second-order valence-electron chi connectivity index (χ2n) is 13.2. The molecule has 4 saturated heterocycles. The van der Waals surface area contributed by atoms with E-state index in [9.17, 15) is 25.6 Å². The number of rotatable bonds is 8. The number of thiazole rings is 1. The van der Waals surface area contributed by atoms with E-state index in [0.717, 1.165) is 37.7 Å². The minimum Gasteiger partial charge on any atom is -0.351 e. The molecule has 252 valence electrons. The number of hydrogen-bond acceptors (Lipinski definition) is 11. The molecule has 5 aliphatic rings. The predicted molar refractivity (Wildman–Crippen MR) is 176 cm³/mol. The Morgan fingerprint density at radius 2 is 1.67 bits per heavy atom. The van der Waals surface area contributed by atoms with Gasteiger partial charge in [-0.3, -0.25) is 4.72 Å². The van der Waals surface area contributed by atoms with E-state index in [1.807, 2.05) is 4.72 Å². The van der Waals surface area contributed by atoms with Crippen LogP contribution in [0.5, 0.6) is 0 Å². The highest BCUT2D eigenvalue weighted by atomic mass is 32.2. The van der Waals surface area contributed by atoms with Gasteiger partial charge in [-0.15, -0.1) is 0 Å². The van der Waals surface area contributed by atoms with Crippen LogP contribution in [0.4, 0.5) is 29.9 Å². The molecule has 1 saturated carbocycles. The summed E-state index contributed by atoms with van der Waals surface area (Å²) in [6.45, 7) is 1.70. The number of nitrogens with zero attached hydrogens (tertiary/aromatic N) is 5. The lowest BCUT2D eigenvalue weighted by Crippen LogP contribution is -2.68. The third-order valence-corrected chi connectivity index (χ3v) is 14.1. The maximum Gasteiger partial charge on any atom is 0.267 e. The zero-order valence-electron chi connectivity index (χ0n) is 25.5. The predicted octanol–water partition coefficient (Wildman–Crippen LogP) is 4.37. The smallest absolute Gasteiger partial charge is 0.267 e. The van der Waals surface area contributed by atoms with Crippen molar-refractivity contribution in [3.63, 3.8) is 0 Å². The van der Waals surface area contributed by atoms with E-state index in [1.165, 1.54) is 29.5 Å². The molecule has 2 aromatic heterocycles. The monoisotopic (exact) mass is 717 g/mol. The molecule has 2 aromatic carbocycles. The first-order chi connectivity index (χ1) is 22.8. The number of likely N-dealkylation sites (N-methyl/N-ethyl adjacent to an activating group) is 1. The zero-order chi connectivity index (χ0) is 33.6. The van der Waals surface area contributed by atoms with Crippen LogP contribution in [0.1, 0.15) is 19.3 Å². The van der Waals surface area contributed by atoms with Gasteiger partial charge in [0.2, 0.25) is 5.95 Å². The van der Waals surface area contributed by atoms with E-state index in [2.05, 4.69) is 27.1 Å². The first-order valence-corrected chi connectivity index (χ1v) is 19.5. The Hall–Kier alpha value is -3.80. The maximum absolute atomic E-state index is 16.3. The third kappa shape index (κ3) is 5.40.